The van der Waals surface area contributed by atoms with Gasteiger partial charge in [-0.25, -0.2) is 0 Å². The molecule has 0 bridgehead atoms. The molecule has 16 heavy (non-hydrogen) atoms. The third kappa shape index (κ3) is 2.54. The largest absolute Gasteiger partial charge is 0.508 e. The minimum atomic E-state index is 0.367. The van der Waals surface area contributed by atoms with Gasteiger partial charge in [-0.15, -0.1) is 0 Å². The molecular weight excluding hydrogens is 200 g/mol. The fraction of sp³-hybridized carbons (Fsp3) is 0.538. The Kier molecular flexibility index (Phi) is 3.80. The van der Waals surface area contributed by atoms with Crippen LogP contribution in [0.5, 0.6) is 5.75 Å². The highest BCUT2D eigenvalue weighted by Crippen LogP contribution is 2.27. The predicted molar refractivity (Wildman–Crippen MR) is 65.8 cm³/mol. The van der Waals surface area contributed by atoms with Crippen molar-refractivity contribution < 1.29 is 5.11 Å². The van der Waals surface area contributed by atoms with Crippen LogP contribution in [-0.2, 0) is 0 Å². The van der Waals surface area contributed by atoms with E-state index in [-0.39, 0.29) is 0 Å². The van der Waals surface area contributed by atoms with E-state index in [1.54, 1.807) is 6.07 Å². The highest BCUT2D eigenvalue weighted by Gasteiger charge is 2.25. The number of hydrogen-bond acceptors (Lipinski definition) is 3. The molecule has 3 nitrogen and oxygen atoms in total. The first kappa shape index (κ1) is 11.4. The predicted octanol–water partition coefficient (Wildman–Crippen LogP) is 1.45. The van der Waals surface area contributed by atoms with E-state index in [9.17, 15) is 5.11 Å². The van der Waals surface area contributed by atoms with E-state index in [4.69, 9.17) is 0 Å². The van der Waals surface area contributed by atoms with Crippen molar-refractivity contribution in [2.45, 2.75) is 25.3 Å². The standard InChI is InChI=1S/C13H20N2O/c1-2-15-13-9-14-7-6-12(13)10-4-3-5-11(16)8-10/h3-5,8,12-16H,2,6-7,9H2,1H3. The number of piperidine rings is 1. The van der Waals surface area contributed by atoms with E-state index in [2.05, 4.69) is 23.6 Å². The Morgan fingerprint density at radius 1 is 1.50 bits per heavy atom. The van der Waals surface area contributed by atoms with E-state index >= 15 is 0 Å². The highest BCUT2D eigenvalue weighted by molar-refractivity contribution is 5.31. The maximum absolute atomic E-state index is 9.52. The van der Waals surface area contributed by atoms with Crippen molar-refractivity contribution in [1.29, 1.82) is 0 Å². The first-order valence-electron chi connectivity index (χ1n) is 6.04. The fourth-order valence-corrected chi connectivity index (χ4v) is 2.49. The number of benzene rings is 1. The minimum Gasteiger partial charge on any atom is -0.508 e. The summed E-state index contributed by atoms with van der Waals surface area (Å²) in [5.41, 5.74) is 1.24. The molecule has 1 aliphatic rings. The summed E-state index contributed by atoms with van der Waals surface area (Å²) >= 11 is 0. The monoisotopic (exact) mass is 220 g/mol. The van der Waals surface area contributed by atoms with Gasteiger partial charge < -0.3 is 15.7 Å². The lowest BCUT2D eigenvalue weighted by molar-refractivity contribution is 0.348. The first-order valence-corrected chi connectivity index (χ1v) is 6.04. The molecule has 2 unspecified atom stereocenters. The second-order valence-corrected chi connectivity index (χ2v) is 4.36. The van der Waals surface area contributed by atoms with Crippen LogP contribution in [0.2, 0.25) is 0 Å². The van der Waals surface area contributed by atoms with Gasteiger partial charge in [-0.3, -0.25) is 0 Å². The number of aromatic hydroxyl groups is 1. The molecule has 88 valence electrons. The molecule has 0 aromatic heterocycles. The smallest absolute Gasteiger partial charge is 0.115 e. The summed E-state index contributed by atoms with van der Waals surface area (Å²) in [5, 5.41) is 16.4. The van der Waals surface area contributed by atoms with Gasteiger partial charge in [0.15, 0.2) is 0 Å². The fourth-order valence-electron chi connectivity index (χ4n) is 2.49. The Bertz CT molecular complexity index is 338. The van der Waals surface area contributed by atoms with Crippen molar-refractivity contribution in [2.75, 3.05) is 19.6 Å². The van der Waals surface area contributed by atoms with Crippen molar-refractivity contribution >= 4 is 0 Å². The lowest BCUT2D eigenvalue weighted by atomic mass is 9.86. The number of hydrogen-bond donors (Lipinski definition) is 3. The van der Waals surface area contributed by atoms with E-state index < -0.39 is 0 Å². The van der Waals surface area contributed by atoms with Crippen molar-refractivity contribution in [3.05, 3.63) is 29.8 Å². The molecule has 3 heteroatoms. The summed E-state index contributed by atoms with van der Waals surface area (Å²) in [5.74, 6) is 0.875. The van der Waals surface area contributed by atoms with Gasteiger partial charge in [-0.1, -0.05) is 19.1 Å². The van der Waals surface area contributed by atoms with Gasteiger partial charge >= 0.3 is 0 Å². The molecule has 1 heterocycles. The van der Waals surface area contributed by atoms with E-state index in [1.807, 2.05) is 12.1 Å². The summed E-state index contributed by atoms with van der Waals surface area (Å²) in [6.45, 7) is 5.19. The van der Waals surface area contributed by atoms with Gasteiger partial charge in [0.05, 0.1) is 0 Å². The molecule has 1 aromatic rings. The van der Waals surface area contributed by atoms with Crippen LogP contribution in [0.3, 0.4) is 0 Å². The quantitative estimate of drug-likeness (QED) is 0.722. The summed E-state index contributed by atoms with van der Waals surface area (Å²) in [4.78, 5) is 0. The number of likely N-dealkylation sites (N-methyl/N-ethyl adjacent to an activating group) is 1. The Morgan fingerprint density at radius 2 is 2.38 bits per heavy atom. The lowest BCUT2D eigenvalue weighted by Crippen LogP contribution is -2.47. The summed E-state index contributed by atoms with van der Waals surface area (Å²) < 4.78 is 0. The van der Waals surface area contributed by atoms with E-state index in [1.165, 1.54) is 5.56 Å². The van der Waals surface area contributed by atoms with Gasteiger partial charge in [-0.05, 0) is 37.2 Å². The SMILES string of the molecule is CCNC1CNCCC1c1cccc(O)c1. The summed E-state index contributed by atoms with van der Waals surface area (Å²) in [6.07, 6.45) is 1.13. The molecule has 0 aliphatic carbocycles. The van der Waals surface area contributed by atoms with Crippen molar-refractivity contribution in [3.63, 3.8) is 0 Å². The minimum absolute atomic E-state index is 0.367. The number of phenolic OH excluding ortho intramolecular Hbond substituents is 1. The van der Waals surface area contributed by atoms with E-state index in [0.717, 1.165) is 26.1 Å². The van der Waals surface area contributed by atoms with Crippen molar-refractivity contribution in [2.24, 2.45) is 0 Å². The highest BCUT2D eigenvalue weighted by atomic mass is 16.3. The molecule has 1 saturated heterocycles. The summed E-state index contributed by atoms with van der Waals surface area (Å²) in [7, 11) is 0. The van der Waals surface area contributed by atoms with Crippen LogP contribution >= 0.6 is 0 Å². The van der Waals surface area contributed by atoms with Crippen LogP contribution in [0, 0.1) is 0 Å². The molecule has 2 rings (SSSR count). The number of rotatable bonds is 3. The molecule has 0 amide bonds. The topological polar surface area (TPSA) is 44.3 Å². The average molecular weight is 220 g/mol. The van der Waals surface area contributed by atoms with Crippen LogP contribution in [0.25, 0.3) is 0 Å². The molecule has 3 N–H and O–H groups in total. The molecule has 1 fully saturated rings. The molecule has 0 saturated carbocycles. The van der Waals surface area contributed by atoms with Gasteiger partial charge in [-0.2, -0.15) is 0 Å². The van der Waals surface area contributed by atoms with Crippen molar-refractivity contribution in [3.8, 4) is 5.75 Å². The van der Waals surface area contributed by atoms with Crippen LogP contribution in [0.1, 0.15) is 24.8 Å². The van der Waals surface area contributed by atoms with Crippen LogP contribution < -0.4 is 10.6 Å². The Hall–Kier alpha value is -1.06. The third-order valence-corrected chi connectivity index (χ3v) is 3.25. The molecule has 1 aliphatic heterocycles. The molecule has 1 aromatic carbocycles. The summed E-state index contributed by atoms with van der Waals surface area (Å²) in [6, 6.07) is 8.13. The normalized spacial score (nSPS) is 25.6. The zero-order valence-corrected chi connectivity index (χ0v) is 9.74. The Balaban J connectivity index is 2.16. The second-order valence-electron chi connectivity index (χ2n) is 4.36. The molecule has 0 radical (unpaired) electrons. The molecule has 0 spiro atoms. The molecular formula is C13H20N2O. The lowest BCUT2D eigenvalue weighted by Gasteiger charge is -2.33. The van der Waals surface area contributed by atoms with Gasteiger partial charge in [0.25, 0.3) is 0 Å². The first-order chi connectivity index (χ1) is 7.81. The maximum atomic E-state index is 9.52. The zero-order chi connectivity index (χ0) is 11.4. The maximum Gasteiger partial charge on any atom is 0.115 e. The zero-order valence-electron chi connectivity index (χ0n) is 9.74. The Morgan fingerprint density at radius 3 is 3.12 bits per heavy atom. The molecule has 2 atom stereocenters. The van der Waals surface area contributed by atoms with Gasteiger partial charge in [0.1, 0.15) is 5.75 Å². The van der Waals surface area contributed by atoms with Gasteiger partial charge in [0, 0.05) is 18.5 Å². The Labute approximate surface area is 96.9 Å². The van der Waals surface area contributed by atoms with E-state index in [0.29, 0.717) is 17.7 Å². The van der Waals surface area contributed by atoms with Crippen LogP contribution in [0.4, 0.5) is 0 Å². The third-order valence-electron chi connectivity index (χ3n) is 3.25. The van der Waals surface area contributed by atoms with Crippen LogP contribution in [-0.4, -0.2) is 30.8 Å². The van der Waals surface area contributed by atoms with Crippen LogP contribution in [0.15, 0.2) is 24.3 Å². The second kappa shape index (κ2) is 5.32. The van der Waals surface area contributed by atoms with Gasteiger partial charge in [0.2, 0.25) is 0 Å². The van der Waals surface area contributed by atoms with Crippen molar-refractivity contribution in [1.82, 2.24) is 10.6 Å². The number of nitrogens with one attached hydrogen (secondary N) is 2. The average Bonchev–Trinajstić information content (AvgIpc) is 2.30. The number of phenols is 1.